The third-order valence-corrected chi connectivity index (χ3v) is 9.37. The van der Waals surface area contributed by atoms with Crippen LogP contribution < -0.4 is 5.32 Å². The highest BCUT2D eigenvalue weighted by Gasteiger charge is 2.33. The fraction of sp³-hybridized carbons (Fsp3) is 0.375. The van der Waals surface area contributed by atoms with Gasteiger partial charge >= 0.3 is 0 Å². The van der Waals surface area contributed by atoms with Gasteiger partial charge < -0.3 is 15.2 Å². The minimum absolute atomic E-state index is 0.0585. The molecule has 0 bridgehead atoms. The zero-order valence-electron chi connectivity index (χ0n) is 19.2. The Hall–Kier alpha value is -3.20. The Balaban J connectivity index is 1.25. The van der Waals surface area contributed by atoms with Crippen molar-refractivity contribution in [2.45, 2.75) is 37.3 Å². The van der Waals surface area contributed by atoms with Gasteiger partial charge in [-0.15, -0.1) is 17.8 Å². The van der Waals surface area contributed by atoms with Crippen molar-refractivity contribution in [2.24, 2.45) is 0 Å². The van der Waals surface area contributed by atoms with Crippen molar-refractivity contribution in [2.75, 3.05) is 26.2 Å². The number of sulfonamides is 1. The Morgan fingerprint density at radius 2 is 2.00 bits per heavy atom. The molecule has 0 saturated carbocycles. The molecule has 3 heterocycles. The van der Waals surface area contributed by atoms with Gasteiger partial charge in [-0.2, -0.15) is 4.31 Å². The topological polar surface area (TPSA) is 115 Å². The molecule has 1 atom stereocenters. The van der Waals surface area contributed by atoms with Gasteiger partial charge in [0.05, 0.1) is 5.69 Å². The zero-order chi connectivity index (χ0) is 24.7. The van der Waals surface area contributed by atoms with Gasteiger partial charge in [0.1, 0.15) is 5.03 Å². The lowest BCUT2D eigenvalue weighted by molar-refractivity contribution is -0.119. The summed E-state index contributed by atoms with van der Waals surface area (Å²) >= 11 is 1.37. The molecule has 1 saturated heterocycles. The number of aromatic nitrogens is 2. The molecular weight excluding hydrogens is 486 g/mol. The number of aromatic amines is 1. The lowest BCUT2D eigenvalue weighted by Gasteiger charge is -2.33. The van der Waals surface area contributed by atoms with E-state index in [9.17, 15) is 18.0 Å². The lowest BCUT2D eigenvalue weighted by Crippen LogP contribution is -2.50. The van der Waals surface area contributed by atoms with Gasteiger partial charge in [0, 0.05) is 66.9 Å². The first-order valence-electron chi connectivity index (χ1n) is 11.4. The molecule has 1 fully saturated rings. The van der Waals surface area contributed by atoms with Crippen LogP contribution in [0.25, 0.3) is 10.9 Å². The minimum atomic E-state index is -3.73. The molecule has 182 valence electrons. The number of fused-ring (bicyclic) bond motifs is 2. The number of terminal acetylenes is 1. The summed E-state index contributed by atoms with van der Waals surface area (Å²) in [4.78, 5) is 34.7. The number of amides is 2. The Morgan fingerprint density at radius 3 is 2.71 bits per heavy atom. The van der Waals surface area contributed by atoms with Crippen LogP contribution in [0.15, 0.2) is 29.3 Å². The summed E-state index contributed by atoms with van der Waals surface area (Å²) in [6, 6.07) is 6.97. The molecule has 2 amide bonds. The van der Waals surface area contributed by atoms with Crippen molar-refractivity contribution >= 4 is 44.1 Å². The van der Waals surface area contributed by atoms with Gasteiger partial charge in [-0.25, -0.2) is 13.4 Å². The number of nitrogens with one attached hydrogen (secondary N) is 2. The number of rotatable bonds is 4. The van der Waals surface area contributed by atoms with Gasteiger partial charge in [-0.1, -0.05) is 5.92 Å². The number of hydrogen-bond donors (Lipinski definition) is 2. The molecule has 9 nitrogen and oxygen atoms in total. The summed E-state index contributed by atoms with van der Waals surface area (Å²) in [5.74, 6) is 2.32. The summed E-state index contributed by atoms with van der Waals surface area (Å²) in [7, 11) is -3.73. The molecule has 0 radical (unpaired) electrons. The predicted octanol–water partition coefficient (Wildman–Crippen LogP) is 1.75. The smallest absolute Gasteiger partial charge is 0.282 e. The van der Waals surface area contributed by atoms with E-state index >= 15 is 0 Å². The Kier molecular flexibility index (Phi) is 6.13. The summed E-state index contributed by atoms with van der Waals surface area (Å²) in [5.41, 5.74) is 2.31. The van der Waals surface area contributed by atoms with E-state index < -0.39 is 10.0 Å². The number of aryl methyl sites for hydroxylation is 1. The molecule has 35 heavy (non-hydrogen) atoms. The van der Waals surface area contributed by atoms with E-state index in [1.54, 1.807) is 29.2 Å². The second kappa shape index (κ2) is 9.11. The quantitative estimate of drug-likeness (QED) is 0.518. The normalized spacial score (nSPS) is 18.7. The highest BCUT2D eigenvalue weighted by atomic mass is 32.2. The van der Waals surface area contributed by atoms with E-state index in [1.165, 1.54) is 22.6 Å². The molecule has 1 aliphatic carbocycles. The fourth-order valence-corrected chi connectivity index (χ4v) is 7.21. The molecule has 1 unspecified atom stereocenters. The second-order valence-corrected chi connectivity index (χ2v) is 11.8. The van der Waals surface area contributed by atoms with Crippen LogP contribution in [0.4, 0.5) is 0 Å². The van der Waals surface area contributed by atoms with Crippen LogP contribution in [-0.2, 0) is 27.7 Å². The number of hydrogen-bond acceptors (Lipinski definition) is 6. The Morgan fingerprint density at radius 1 is 1.23 bits per heavy atom. The molecule has 0 spiro atoms. The maximum atomic E-state index is 13.2. The molecular formula is C24H25N5O4S2. The van der Waals surface area contributed by atoms with Crippen LogP contribution in [0.1, 0.15) is 39.3 Å². The molecule has 5 rings (SSSR count). The van der Waals surface area contributed by atoms with Crippen LogP contribution >= 0.6 is 11.3 Å². The zero-order valence-corrected chi connectivity index (χ0v) is 20.8. The van der Waals surface area contributed by atoms with Crippen molar-refractivity contribution in [3.8, 4) is 12.3 Å². The van der Waals surface area contributed by atoms with Crippen LogP contribution in [-0.4, -0.2) is 71.6 Å². The fourth-order valence-electron chi connectivity index (χ4n) is 4.62. The maximum Gasteiger partial charge on any atom is 0.282 e. The van der Waals surface area contributed by atoms with Crippen LogP contribution in [0.3, 0.4) is 0 Å². The molecule has 1 aromatic carbocycles. The van der Waals surface area contributed by atoms with E-state index in [2.05, 4.69) is 21.2 Å². The summed E-state index contributed by atoms with van der Waals surface area (Å²) in [5, 5.41) is 4.22. The number of H-pyrrole nitrogens is 1. The van der Waals surface area contributed by atoms with Gasteiger partial charge in [0.2, 0.25) is 5.91 Å². The maximum absolute atomic E-state index is 13.2. The highest BCUT2D eigenvalue weighted by Crippen LogP contribution is 2.29. The van der Waals surface area contributed by atoms with Crippen LogP contribution in [0.5, 0.6) is 0 Å². The second-order valence-electron chi connectivity index (χ2n) is 8.81. The summed E-state index contributed by atoms with van der Waals surface area (Å²) in [6.07, 6.45) is 7.65. The minimum Gasteiger partial charge on any atom is -0.353 e. The van der Waals surface area contributed by atoms with Gasteiger partial charge in [-0.3, -0.25) is 9.59 Å². The first-order valence-corrected chi connectivity index (χ1v) is 13.6. The average molecular weight is 512 g/mol. The monoisotopic (exact) mass is 511 g/mol. The predicted molar refractivity (Wildman–Crippen MR) is 133 cm³/mol. The highest BCUT2D eigenvalue weighted by molar-refractivity contribution is 7.89. The van der Waals surface area contributed by atoms with E-state index in [4.69, 9.17) is 6.42 Å². The molecule has 2 aliphatic rings. The van der Waals surface area contributed by atoms with E-state index in [-0.39, 0.29) is 49.1 Å². The molecule has 11 heteroatoms. The molecule has 3 aromatic rings. The van der Waals surface area contributed by atoms with E-state index in [0.717, 1.165) is 28.8 Å². The number of nitrogens with zero attached hydrogens (tertiary/aromatic N) is 3. The van der Waals surface area contributed by atoms with Crippen molar-refractivity contribution < 1.29 is 18.0 Å². The average Bonchev–Trinajstić information content (AvgIpc) is 3.47. The Labute approximate surface area is 207 Å². The van der Waals surface area contributed by atoms with Crippen molar-refractivity contribution in [3.63, 3.8) is 0 Å². The number of carbonyl (C=O) groups is 2. The first-order chi connectivity index (χ1) is 16.7. The number of benzene rings is 1. The van der Waals surface area contributed by atoms with Crippen molar-refractivity contribution in [3.05, 3.63) is 45.4 Å². The number of carbonyl (C=O) groups excluding carboxylic acids is 2. The van der Waals surface area contributed by atoms with Crippen molar-refractivity contribution in [1.82, 2.24) is 24.5 Å². The number of thiazole rings is 1. The van der Waals surface area contributed by atoms with Crippen LogP contribution in [0.2, 0.25) is 0 Å². The third-order valence-electron chi connectivity index (χ3n) is 6.44. The van der Waals surface area contributed by atoms with E-state index in [0.29, 0.717) is 22.5 Å². The number of piperazine rings is 1. The van der Waals surface area contributed by atoms with Gasteiger partial charge in [0.25, 0.3) is 15.9 Å². The largest absolute Gasteiger partial charge is 0.353 e. The molecule has 2 N–H and O–H groups in total. The lowest BCUT2D eigenvalue weighted by atomic mass is 9.98. The van der Waals surface area contributed by atoms with Crippen LogP contribution in [0, 0.1) is 12.3 Å². The Bertz CT molecular complexity index is 1460. The third kappa shape index (κ3) is 4.57. The van der Waals surface area contributed by atoms with Gasteiger partial charge in [-0.05, 0) is 37.1 Å². The van der Waals surface area contributed by atoms with Gasteiger partial charge in [0.15, 0.2) is 5.01 Å². The standard InChI is InChI=1S/C24H25N5O4S2/c1-3-16-4-6-19-17(12-16)13-22(26-19)35(32,33)29-10-8-28(9-11-29)24(31)23-27-20-7-5-18(25-15(2)30)14-21(20)34-23/h1,4,6,12-13,18,26H,5,7-11,14H2,2H3,(H,25,30). The molecule has 2 aromatic heterocycles. The van der Waals surface area contributed by atoms with Crippen molar-refractivity contribution in [1.29, 1.82) is 0 Å². The molecule has 1 aliphatic heterocycles. The first kappa shape index (κ1) is 23.5. The summed E-state index contributed by atoms with van der Waals surface area (Å²) < 4.78 is 27.8. The SMILES string of the molecule is C#Cc1ccc2[nH]c(S(=O)(=O)N3CCN(C(=O)c4nc5c(s4)CC(NC(C)=O)CC5)CC3)cc2c1. The van der Waals surface area contributed by atoms with E-state index in [1.807, 2.05) is 0 Å². The summed E-state index contributed by atoms with van der Waals surface area (Å²) in [6.45, 7) is 2.49.